The SMILES string of the molecule is CC[C@@H](C)OC(=O)OC[n+]1cccc(C(=O)NCCO[N+](=O)O)c1. The molecule has 0 aromatic carbocycles. The van der Waals surface area contributed by atoms with Crippen LogP contribution in [0.1, 0.15) is 30.6 Å². The van der Waals surface area contributed by atoms with Crippen LogP contribution in [0.3, 0.4) is 0 Å². The Labute approximate surface area is 138 Å². The summed E-state index contributed by atoms with van der Waals surface area (Å²) in [5, 5.41) is 10.0. The van der Waals surface area contributed by atoms with E-state index in [1.165, 1.54) is 10.8 Å². The normalized spacial score (nSPS) is 11.2. The first kappa shape index (κ1) is 19.1. The number of carbonyl (C=O) groups is 2. The summed E-state index contributed by atoms with van der Waals surface area (Å²) in [6.07, 6.45) is 2.78. The number of rotatable bonds is 9. The second-order valence-electron chi connectivity index (χ2n) is 4.79. The van der Waals surface area contributed by atoms with Crippen LogP contribution in [-0.4, -0.2) is 41.6 Å². The number of nitrogens with zero attached hydrogens (tertiary/aromatic N) is 2. The van der Waals surface area contributed by atoms with Gasteiger partial charge < -0.3 is 14.8 Å². The fourth-order valence-corrected chi connectivity index (χ4v) is 1.54. The number of hydrogen-bond acceptors (Lipinski definition) is 6. The summed E-state index contributed by atoms with van der Waals surface area (Å²) < 4.78 is 11.4. The number of nitrogens with one attached hydrogen (secondary N) is 1. The van der Waals surface area contributed by atoms with Crippen LogP contribution in [0.15, 0.2) is 24.5 Å². The van der Waals surface area contributed by atoms with Gasteiger partial charge in [-0.05, 0) is 19.4 Å². The third-order valence-electron chi connectivity index (χ3n) is 2.91. The van der Waals surface area contributed by atoms with Crippen molar-refractivity contribution in [2.24, 2.45) is 0 Å². The summed E-state index contributed by atoms with van der Waals surface area (Å²) in [6.45, 7) is 3.39. The molecule has 0 fully saturated rings. The monoisotopic (exact) mass is 343 g/mol. The van der Waals surface area contributed by atoms with Crippen LogP contribution >= 0.6 is 0 Å². The summed E-state index contributed by atoms with van der Waals surface area (Å²) >= 11 is 0. The van der Waals surface area contributed by atoms with E-state index in [1.54, 1.807) is 25.3 Å². The van der Waals surface area contributed by atoms with E-state index >= 15 is 0 Å². The molecule has 0 radical (unpaired) electrons. The van der Waals surface area contributed by atoms with Crippen molar-refractivity contribution in [1.29, 1.82) is 0 Å². The number of pyridine rings is 1. The van der Waals surface area contributed by atoms with Crippen LogP contribution in [-0.2, 0) is 21.0 Å². The molecule has 2 N–H and O–H groups in total. The van der Waals surface area contributed by atoms with Crippen LogP contribution in [0.25, 0.3) is 0 Å². The Morgan fingerprint density at radius 1 is 1.46 bits per heavy atom. The molecular weight excluding hydrogens is 322 g/mol. The topological polar surface area (TPSA) is 118 Å². The lowest BCUT2D eigenvalue weighted by molar-refractivity contribution is -0.975. The Balaban J connectivity index is 2.46. The van der Waals surface area contributed by atoms with Gasteiger partial charge in [0.2, 0.25) is 0 Å². The third kappa shape index (κ3) is 7.38. The molecule has 0 aliphatic carbocycles. The van der Waals surface area contributed by atoms with Crippen LogP contribution in [0.5, 0.6) is 0 Å². The standard InChI is InChI=1S/C14H20N3O7/c1-3-11(2)24-14(19)22-10-16-7-4-5-12(9-16)13(18)15-6-8-23-17(20)21/h4-5,7,9,11H,3,6,8,10H2,1-2H3,(H-,15,18,20,21)/q+1/p+1/t11-/m1/s1. The molecule has 0 spiro atoms. The molecule has 0 saturated carbocycles. The van der Waals surface area contributed by atoms with E-state index in [1.807, 2.05) is 6.92 Å². The lowest BCUT2D eigenvalue weighted by atomic mass is 10.2. The van der Waals surface area contributed by atoms with E-state index in [-0.39, 0.29) is 26.0 Å². The Morgan fingerprint density at radius 2 is 2.21 bits per heavy atom. The van der Waals surface area contributed by atoms with E-state index in [2.05, 4.69) is 10.2 Å². The molecule has 1 atom stereocenters. The van der Waals surface area contributed by atoms with Crippen molar-refractivity contribution in [2.45, 2.75) is 33.1 Å². The van der Waals surface area contributed by atoms with Crippen molar-refractivity contribution < 1.29 is 38.8 Å². The molecular formula is C14H21N3O7+2. The van der Waals surface area contributed by atoms with E-state index < -0.39 is 17.1 Å². The van der Waals surface area contributed by atoms with Crippen molar-refractivity contribution in [1.82, 2.24) is 5.32 Å². The molecule has 1 aromatic rings. The maximum Gasteiger partial charge on any atom is 0.513 e. The van der Waals surface area contributed by atoms with Crippen LogP contribution in [0.4, 0.5) is 4.79 Å². The van der Waals surface area contributed by atoms with Gasteiger partial charge in [0, 0.05) is 6.07 Å². The molecule has 1 rings (SSSR count). The molecule has 132 valence electrons. The van der Waals surface area contributed by atoms with Gasteiger partial charge in [-0.25, -0.2) is 10.0 Å². The molecule has 10 heteroatoms. The zero-order chi connectivity index (χ0) is 17.9. The van der Waals surface area contributed by atoms with Gasteiger partial charge in [-0.15, -0.1) is 0 Å². The second kappa shape index (κ2) is 9.98. The number of aromatic nitrogens is 1. The van der Waals surface area contributed by atoms with Crippen molar-refractivity contribution >= 4 is 12.1 Å². The van der Waals surface area contributed by atoms with E-state index in [9.17, 15) is 14.5 Å². The lowest BCUT2D eigenvalue weighted by Gasteiger charge is -2.09. The van der Waals surface area contributed by atoms with Gasteiger partial charge >= 0.3 is 11.2 Å². The van der Waals surface area contributed by atoms with Crippen molar-refractivity contribution in [3.8, 4) is 0 Å². The molecule has 1 heterocycles. The minimum absolute atomic E-state index is 0.0325. The largest absolute Gasteiger partial charge is 0.513 e. The predicted octanol–water partition coefficient (Wildman–Crippen LogP) is 0.713. The Kier molecular flexibility index (Phi) is 7.96. The predicted molar refractivity (Wildman–Crippen MR) is 77.7 cm³/mol. The van der Waals surface area contributed by atoms with Gasteiger partial charge in [0.05, 0.1) is 6.54 Å². The minimum Gasteiger partial charge on any atom is -0.431 e. The van der Waals surface area contributed by atoms with E-state index in [0.29, 0.717) is 12.0 Å². The summed E-state index contributed by atoms with van der Waals surface area (Å²) in [7, 11) is 0. The van der Waals surface area contributed by atoms with Gasteiger partial charge in [-0.2, -0.15) is 9.40 Å². The highest BCUT2D eigenvalue weighted by Crippen LogP contribution is 1.99. The summed E-state index contributed by atoms with van der Waals surface area (Å²) in [6, 6.07) is 3.18. The Bertz CT molecular complexity index is 579. The van der Waals surface area contributed by atoms with Gasteiger partial charge in [0.1, 0.15) is 16.6 Å². The van der Waals surface area contributed by atoms with Crippen molar-refractivity contribution in [2.75, 3.05) is 13.2 Å². The first-order chi connectivity index (χ1) is 11.4. The Morgan fingerprint density at radius 3 is 2.88 bits per heavy atom. The maximum atomic E-state index is 11.9. The van der Waals surface area contributed by atoms with E-state index in [4.69, 9.17) is 14.7 Å². The fourth-order valence-electron chi connectivity index (χ4n) is 1.54. The lowest BCUT2D eigenvalue weighted by Crippen LogP contribution is -2.38. The minimum atomic E-state index is -0.782. The molecule has 0 aliphatic rings. The molecule has 0 bridgehead atoms. The number of amides is 1. The maximum absolute atomic E-state index is 11.9. The van der Waals surface area contributed by atoms with Crippen molar-refractivity contribution in [3.63, 3.8) is 0 Å². The van der Waals surface area contributed by atoms with Gasteiger partial charge in [0.15, 0.2) is 19.0 Å². The molecule has 24 heavy (non-hydrogen) atoms. The Hall–Kier alpha value is -2.91. The second-order valence-corrected chi connectivity index (χ2v) is 4.79. The first-order valence-corrected chi connectivity index (χ1v) is 7.32. The number of hydrogen-bond donors (Lipinski definition) is 2. The molecule has 0 unspecified atom stereocenters. The highest BCUT2D eigenvalue weighted by Gasteiger charge is 2.14. The van der Waals surface area contributed by atoms with Crippen LogP contribution < -0.4 is 9.88 Å². The van der Waals surface area contributed by atoms with Gasteiger partial charge in [0.25, 0.3) is 12.6 Å². The summed E-state index contributed by atoms with van der Waals surface area (Å²) in [5.74, 6) is -0.412. The van der Waals surface area contributed by atoms with Gasteiger partial charge in [-0.1, -0.05) is 6.92 Å². The summed E-state index contributed by atoms with van der Waals surface area (Å²) in [5.41, 5.74) is 0.319. The molecule has 1 amide bonds. The van der Waals surface area contributed by atoms with Gasteiger partial charge in [-0.3, -0.25) is 4.79 Å². The van der Waals surface area contributed by atoms with E-state index in [0.717, 1.165) is 0 Å². The molecule has 0 saturated heterocycles. The number of ether oxygens (including phenoxy) is 2. The first-order valence-electron chi connectivity index (χ1n) is 7.32. The zero-order valence-electron chi connectivity index (χ0n) is 13.5. The summed E-state index contributed by atoms with van der Waals surface area (Å²) in [4.78, 5) is 37.6. The smallest absolute Gasteiger partial charge is 0.431 e. The molecule has 1 aromatic heterocycles. The van der Waals surface area contributed by atoms with Crippen LogP contribution in [0, 0.1) is 4.91 Å². The highest BCUT2D eigenvalue weighted by atomic mass is 16.9. The van der Waals surface area contributed by atoms with Crippen LogP contribution in [0.2, 0.25) is 0 Å². The molecule has 10 nitrogen and oxygen atoms in total. The highest BCUT2D eigenvalue weighted by molar-refractivity contribution is 5.93. The average molecular weight is 343 g/mol. The van der Waals surface area contributed by atoms with Crippen molar-refractivity contribution in [3.05, 3.63) is 35.0 Å². The molecule has 0 aliphatic heterocycles. The average Bonchev–Trinajstić information content (AvgIpc) is 2.56. The third-order valence-corrected chi connectivity index (χ3v) is 2.91. The fraction of sp³-hybridized carbons (Fsp3) is 0.500. The number of carbonyl (C=O) groups excluding carboxylic acids is 2. The quantitative estimate of drug-likeness (QED) is 0.293. The zero-order valence-corrected chi connectivity index (χ0v) is 13.5.